The van der Waals surface area contributed by atoms with E-state index in [1.54, 1.807) is 18.6 Å². The standard InChI is InChI=1S/C12H14N4/c13-11-2-1-6-15-12(11)16-9-5-10-3-7-14-8-4-10/h1-4,6-8H,5,9,13H2,(H,15,16). The van der Waals surface area contributed by atoms with Gasteiger partial charge in [0.1, 0.15) is 5.82 Å². The fraction of sp³-hybridized carbons (Fsp3) is 0.167. The molecular weight excluding hydrogens is 200 g/mol. The topological polar surface area (TPSA) is 63.8 Å². The summed E-state index contributed by atoms with van der Waals surface area (Å²) >= 11 is 0. The molecule has 4 heteroatoms. The zero-order valence-electron chi connectivity index (χ0n) is 8.93. The van der Waals surface area contributed by atoms with Crippen molar-refractivity contribution in [3.05, 3.63) is 48.4 Å². The van der Waals surface area contributed by atoms with Crippen molar-refractivity contribution in [2.24, 2.45) is 0 Å². The van der Waals surface area contributed by atoms with E-state index in [9.17, 15) is 0 Å². The van der Waals surface area contributed by atoms with E-state index in [1.807, 2.05) is 24.3 Å². The molecule has 2 heterocycles. The molecule has 4 nitrogen and oxygen atoms in total. The Labute approximate surface area is 94.5 Å². The highest BCUT2D eigenvalue weighted by molar-refractivity contribution is 5.60. The van der Waals surface area contributed by atoms with Gasteiger partial charge >= 0.3 is 0 Å². The molecule has 0 spiro atoms. The van der Waals surface area contributed by atoms with Gasteiger partial charge in [-0.25, -0.2) is 4.98 Å². The van der Waals surface area contributed by atoms with Crippen LogP contribution in [0.25, 0.3) is 0 Å². The van der Waals surface area contributed by atoms with Crippen LogP contribution in [0.3, 0.4) is 0 Å². The van der Waals surface area contributed by atoms with Crippen molar-refractivity contribution in [3.63, 3.8) is 0 Å². The Bertz CT molecular complexity index is 442. The number of hydrogen-bond donors (Lipinski definition) is 2. The highest BCUT2D eigenvalue weighted by atomic mass is 15.0. The third-order valence-corrected chi connectivity index (χ3v) is 2.29. The van der Waals surface area contributed by atoms with Crippen molar-refractivity contribution < 1.29 is 0 Å². The Morgan fingerprint density at radius 3 is 2.69 bits per heavy atom. The van der Waals surface area contributed by atoms with Crippen LogP contribution in [0.5, 0.6) is 0 Å². The minimum absolute atomic E-state index is 0.678. The van der Waals surface area contributed by atoms with Crippen LogP contribution in [0.4, 0.5) is 11.5 Å². The molecule has 0 aromatic carbocycles. The fourth-order valence-corrected chi connectivity index (χ4v) is 1.44. The number of anilines is 2. The lowest BCUT2D eigenvalue weighted by molar-refractivity contribution is 1.00. The lowest BCUT2D eigenvalue weighted by atomic mass is 10.2. The van der Waals surface area contributed by atoms with Crippen LogP contribution >= 0.6 is 0 Å². The summed E-state index contributed by atoms with van der Waals surface area (Å²) in [5, 5.41) is 3.20. The number of rotatable bonds is 4. The van der Waals surface area contributed by atoms with Gasteiger partial charge in [-0.3, -0.25) is 4.98 Å². The molecule has 0 aliphatic heterocycles. The van der Waals surface area contributed by atoms with Crippen LogP contribution < -0.4 is 11.1 Å². The molecule has 16 heavy (non-hydrogen) atoms. The van der Waals surface area contributed by atoms with E-state index >= 15 is 0 Å². The second kappa shape index (κ2) is 5.11. The first-order chi connectivity index (χ1) is 7.86. The van der Waals surface area contributed by atoms with Gasteiger partial charge < -0.3 is 11.1 Å². The van der Waals surface area contributed by atoms with Gasteiger partial charge in [0.2, 0.25) is 0 Å². The number of pyridine rings is 2. The lowest BCUT2D eigenvalue weighted by Crippen LogP contribution is -2.08. The first-order valence-electron chi connectivity index (χ1n) is 5.19. The smallest absolute Gasteiger partial charge is 0.149 e. The van der Waals surface area contributed by atoms with Crippen LogP contribution in [0, 0.1) is 0 Å². The molecule has 2 rings (SSSR count). The quantitative estimate of drug-likeness (QED) is 0.813. The third kappa shape index (κ3) is 2.70. The van der Waals surface area contributed by atoms with Gasteiger partial charge in [0.05, 0.1) is 5.69 Å². The maximum Gasteiger partial charge on any atom is 0.149 e. The average molecular weight is 214 g/mol. The van der Waals surface area contributed by atoms with Crippen molar-refractivity contribution >= 4 is 11.5 Å². The second-order valence-electron chi connectivity index (χ2n) is 3.47. The average Bonchev–Trinajstić information content (AvgIpc) is 2.33. The van der Waals surface area contributed by atoms with Gasteiger partial charge in [0.15, 0.2) is 0 Å². The SMILES string of the molecule is Nc1cccnc1NCCc1ccncc1. The van der Waals surface area contributed by atoms with Crippen molar-refractivity contribution in [2.45, 2.75) is 6.42 Å². The Balaban J connectivity index is 1.87. The monoisotopic (exact) mass is 214 g/mol. The minimum atomic E-state index is 0.678. The van der Waals surface area contributed by atoms with Crippen LogP contribution in [0.15, 0.2) is 42.9 Å². The Hall–Kier alpha value is -2.10. The van der Waals surface area contributed by atoms with Crippen LogP contribution in [-0.4, -0.2) is 16.5 Å². The van der Waals surface area contributed by atoms with Crippen molar-refractivity contribution in [3.8, 4) is 0 Å². The maximum absolute atomic E-state index is 5.77. The molecular formula is C12H14N4. The summed E-state index contributed by atoms with van der Waals surface area (Å²) in [6.07, 6.45) is 6.25. The number of aromatic nitrogens is 2. The highest BCUT2D eigenvalue weighted by Gasteiger charge is 1.97. The first kappa shape index (κ1) is 10.4. The molecule has 0 aliphatic rings. The van der Waals surface area contributed by atoms with E-state index < -0.39 is 0 Å². The molecule has 2 aromatic rings. The molecule has 0 amide bonds. The molecule has 82 valence electrons. The zero-order valence-corrected chi connectivity index (χ0v) is 8.93. The summed E-state index contributed by atoms with van der Waals surface area (Å²) in [6, 6.07) is 7.66. The third-order valence-electron chi connectivity index (χ3n) is 2.29. The Kier molecular flexibility index (Phi) is 3.33. The summed E-state index contributed by atoms with van der Waals surface area (Å²) < 4.78 is 0. The molecule has 0 saturated heterocycles. The number of nitrogen functional groups attached to an aromatic ring is 1. The summed E-state index contributed by atoms with van der Waals surface area (Å²) in [4.78, 5) is 8.13. The van der Waals surface area contributed by atoms with E-state index in [-0.39, 0.29) is 0 Å². The van der Waals surface area contributed by atoms with Crippen LogP contribution in [0.1, 0.15) is 5.56 Å². The molecule has 0 bridgehead atoms. The highest BCUT2D eigenvalue weighted by Crippen LogP contribution is 2.12. The predicted octanol–water partition coefficient (Wildman–Crippen LogP) is 1.71. The lowest BCUT2D eigenvalue weighted by Gasteiger charge is -2.07. The van der Waals surface area contributed by atoms with Gasteiger partial charge in [0.25, 0.3) is 0 Å². The van der Waals surface area contributed by atoms with Crippen LogP contribution in [0.2, 0.25) is 0 Å². The molecule has 0 aliphatic carbocycles. The molecule has 0 unspecified atom stereocenters. The van der Waals surface area contributed by atoms with E-state index in [1.165, 1.54) is 5.56 Å². The fourth-order valence-electron chi connectivity index (χ4n) is 1.44. The van der Waals surface area contributed by atoms with Gasteiger partial charge in [-0.15, -0.1) is 0 Å². The van der Waals surface area contributed by atoms with E-state index in [0.29, 0.717) is 5.69 Å². The second-order valence-corrected chi connectivity index (χ2v) is 3.47. The number of nitrogens with zero attached hydrogens (tertiary/aromatic N) is 2. The van der Waals surface area contributed by atoms with E-state index in [0.717, 1.165) is 18.8 Å². The van der Waals surface area contributed by atoms with Crippen LogP contribution in [-0.2, 0) is 6.42 Å². The van der Waals surface area contributed by atoms with Crippen molar-refractivity contribution in [1.82, 2.24) is 9.97 Å². The largest absolute Gasteiger partial charge is 0.396 e. The number of nitrogens with one attached hydrogen (secondary N) is 1. The minimum Gasteiger partial charge on any atom is -0.396 e. The van der Waals surface area contributed by atoms with Gasteiger partial charge in [0, 0.05) is 25.1 Å². The van der Waals surface area contributed by atoms with Gasteiger partial charge in [-0.1, -0.05) is 0 Å². The summed E-state index contributed by atoms with van der Waals surface area (Å²) in [6.45, 7) is 0.811. The number of nitrogens with two attached hydrogens (primary N) is 1. The van der Waals surface area contributed by atoms with Crippen molar-refractivity contribution in [1.29, 1.82) is 0 Å². The van der Waals surface area contributed by atoms with Crippen molar-refractivity contribution in [2.75, 3.05) is 17.6 Å². The summed E-state index contributed by atoms with van der Waals surface area (Å²) in [5.41, 5.74) is 7.69. The number of hydrogen-bond acceptors (Lipinski definition) is 4. The molecule has 0 radical (unpaired) electrons. The molecule has 3 N–H and O–H groups in total. The van der Waals surface area contributed by atoms with Gasteiger partial charge in [-0.05, 0) is 36.2 Å². The van der Waals surface area contributed by atoms with E-state index in [2.05, 4.69) is 15.3 Å². The first-order valence-corrected chi connectivity index (χ1v) is 5.19. The summed E-state index contributed by atoms with van der Waals surface area (Å²) in [5.74, 6) is 0.747. The van der Waals surface area contributed by atoms with E-state index in [4.69, 9.17) is 5.73 Å². The van der Waals surface area contributed by atoms with Gasteiger partial charge in [-0.2, -0.15) is 0 Å². The Morgan fingerprint density at radius 1 is 1.12 bits per heavy atom. The molecule has 0 atom stereocenters. The molecule has 2 aromatic heterocycles. The predicted molar refractivity (Wildman–Crippen MR) is 65.1 cm³/mol. The molecule has 0 fully saturated rings. The normalized spacial score (nSPS) is 10.0. The Morgan fingerprint density at radius 2 is 1.94 bits per heavy atom. The maximum atomic E-state index is 5.77. The zero-order chi connectivity index (χ0) is 11.2. The molecule has 0 saturated carbocycles. The summed E-state index contributed by atoms with van der Waals surface area (Å²) in [7, 11) is 0.